The van der Waals surface area contributed by atoms with E-state index in [4.69, 9.17) is 14.2 Å². The lowest BCUT2D eigenvalue weighted by Gasteiger charge is -2.26. The third-order valence-corrected chi connectivity index (χ3v) is 7.22. The first-order valence-corrected chi connectivity index (χ1v) is 12.4. The first-order valence-electron chi connectivity index (χ1n) is 11.6. The van der Waals surface area contributed by atoms with Crippen LogP contribution in [-0.4, -0.2) is 26.6 Å². The third kappa shape index (κ3) is 3.73. The number of hydrogen-bond acceptors (Lipinski definition) is 8. The lowest BCUT2D eigenvalue weighted by molar-refractivity contribution is -0.185. The number of rotatable bonds is 4. The lowest BCUT2D eigenvalue weighted by Crippen LogP contribution is -2.29. The molecule has 1 unspecified atom stereocenters. The average Bonchev–Trinajstić information content (AvgIpc) is 3.56. The summed E-state index contributed by atoms with van der Waals surface area (Å²) in [4.78, 5) is 13.3. The number of esters is 1. The fourth-order valence-electron chi connectivity index (χ4n) is 4.64. The first kappa shape index (κ1) is 22.7. The van der Waals surface area contributed by atoms with Gasteiger partial charge in [-0.3, -0.25) is 0 Å². The standard InChI is InChI=1S/C28H24N2O5S/c1-27(2,3)18-7-4-16(5-8-18)12-20-25(17-6-10-21-22(13-17)30-36-29-21)26(31)35-28(20,32)19-9-11-23-24(14-19)34-15-33-23/h4-11,13-14,32H,12,15H2,1-3H3. The summed E-state index contributed by atoms with van der Waals surface area (Å²) in [5, 5.41) is 12.0. The van der Waals surface area contributed by atoms with Crippen molar-refractivity contribution in [1.29, 1.82) is 0 Å². The molecule has 4 aromatic rings. The molecule has 36 heavy (non-hydrogen) atoms. The number of carbonyl (C=O) groups is 1. The topological polar surface area (TPSA) is 90.8 Å². The SMILES string of the molecule is CC(C)(C)c1ccc(CC2=C(c3ccc4nsnc4c3)C(=O)OC2(O)c2ccc3c(c2)OCO3)cc1. The van der Waals surface area contributed by atoms with Gasteiger partial charge in [-0.25, -0.2) is 4.79 Å². The van der Waals surface area contributed by atoms with Crippen LogP contribution in [0.5, 0.6) is 11.5 Å². The largest absolute Gasteiger partial charge is 0.454 e. The molecule has 0 saturated carbocycles. The third-order valence-electron chi connectivity index (χ3n) is 6.66. The van der Waals surface area contributed by atoms with Crippen molar-refractivity contribution >= 4 is 34.3 Å². The second kappa shape index (κ2) is 8.15. The van der Waals surface area contributed by atoms with Crippen LogP contribution in [0.15, 0.2) is 66.2 Å². The Bertz CT molecular complexity index is 1530. The van der Waals surface area contributed by atoms with Crippen molar-refractivity contribution in [3.05, 3.63) is 88.5 Å². The molecular formula is C28H24N2O5S. The van der Waals surface area contributed by atoms with Crippen LogP contribution in [0.3, 0.4) is 0 Å². The molecule has 1 atom stereocenters. The van der Waals surface area contributed by atoms with Crippen molar-refractivity contribution < 1.29 is 24.1 Å². The molecule has 0 spiro atoms. The molecule has 8 heteroatoms. The van der Waals surface area contributed by atoms with Gasteiger partial charge in [-0.05, 0) is 52.4 Å². The number of hydrogen-bond donors (Lipinski definition) is 1. The van der Waals surface area contributed by atoms with Crippen LogP contribution < -0.4 is 9.47 Å². The van der Waals surface area contributed by atoms with Crippen LogP contribution in [0.4, 0.5) is 0 Å². The molecule has 0 aliphatic carbocycles. The van der Waals surface area contributed by atoms with E-state index in [1.807, 2.05) is 30.3 Å². The van der Waals surface area contributed by atoms with Gasteiger partial charge in [-0.1, -0.05) is 51.1 Å². The maximum atomic E-state index is 13.3. The van der Waals surface area contributed by atoms with Gasteiger partial charge in [0.2, 0.25) is 6.79 Å². The number of fused-ring (bicyclic) bond motifs is 2. The smallest absolute Gasteiger partial charge is 0.342 e. The number of aliphatic hydroxyl groups is 1. The van der Waals surface area contributed by atoms with Crippen molar-refractivity contribution in [2.24, 2.45) is 0 Å². The Hall–Kier alpha value is -3.75. The molecule has 0 bridgehead atoms. The van der Waals surface area contributed by atoms with Crippen molar-refractivity contribution in [2.75, 3.05) is 6.79 Å². The molecule has 0 saturated heterocycles. The fraction of sp³-hybridized carbons (Fsp3) is 0.250. The van der Waals surface area contributed by atoms with E-state index in [-0.39, 0.29) is 12.2 Å². The number of benzene rings is 3. The Labute approximate surface area is 212 Å². The molecule has 0 amide bonds. The average molecular weight is 501 g/mol. The van der Waals surface area contributed by atoms with Gasteiger partial charge in [0.1, 0.15) is 11.0 Å². The molecule has 7 nitrogen and oxygen atoms in total. The summed E-state index contributed by atoms with van der Waals surface area (Å²) in [5.74, 6) is -1.49. The van der Waals surface area contributed by atoms with E-state index in [9.17, 15) is 9.90 Å². The summed E-state index contributed by atoms with van der Waals surface area (Å²) < 4.78 is 25.2. The fourth-order valence-corrected chi connectivity index (χ4v) is 5.16. The van der Waals surface area contributed by atoms with Crippen molar-refractivity contribution in [1.82, 2.24) is 8.75 Å². The minimum absolute atomic E-state index is 0.0135. The summed E-state index contributed by atoms with van der Waals surface area (Å²) in [6.45, 7) is 6.59. The Balaban J connectivity index is 1.50. The number of aromatic nitrogens is 2. The van der Waals surface area contributed by atoms with E-state index in [0.29, 0.717) is 45.7 Å². The maximum absolute atomic E-state index is 13.3. The molecule has 3 aromatic carbocycles. The van der Waals surface area contributed by atoms with Crippen LogP contribution in [-0.2, 0) is 27.2 Å². The van der Waals surface area contributed by atoms with Gasteiger partial charge in [-0.15, -0.1) is 0 Å². The summed E-state index contributed by atoms with van der Waals surface area (Å²) in [5.41, 5.74) is 5.40. The van der Waals surface area contributed by atoms with Crippen molar-refractivity contribution in [3.63, 3.8) is 0 Å². The maximum Gasteiger partial charge on any atom is 0.342 e. The quantitative estimate of drug-likeness (QED) is 0.389. The zero-order valence-corrected chi connectivity index (χ0v) is 20.9. The van der Waals surface area contributed by atoms with Crippen LogP contribution in [0.2, 0.25) is 0 Å². The highest BCUT2D eigenvalue weighted by molar-refractivity contribution is 7.00. The first-order chi connectivity index (χ1) is 17.2. The molecule has 3 heterocycles. The Morgan fingerprint density at radius 2 is 1.69 bits per heavy atom. The minimum Gasteiger partial charge on any atom is -0.454 e. The zero-order valence-electron chi connectivity index (χ0n) is 20.1. The highest BCUT2D eigenvalue weighted by atomic mass is 32.1. The summed E-state index contributed by atoms with van der Waals surface area (Å²) >= 11 is 1.11. The molecule has 6 rings (SSSR count). The Morgan fingerprint density at radius 1 is 0.944 bits per heavy atom. The van der Waals surface area contributed by atoms with Gasteiger partial charge in [0.25, 0.3) is 5.79 Å². The van der Waals surface area contributed by atoms with Crippen molar-refractivity contribution in [2.45, 2.75) is 38.4 Å². The molecule has 2 aliphatic rings. The minimum atomic E-state index is -1.97. The van der Waals surface area contributed by atoms with Gasteiger partial charge in [0.15, 0.2) is 11.5 Å². The van der Waals surface area contributed by atoms with E-state index < -0.39 is 11.8 Å². The van der Waals surface area contributed by atoms with Gasteiger partial charge in [-0.2, -0.15) is 8.75 Å². The van der Waals surface area contributed by atoms with Crippen LogP contribution >= 0.6 is 11.7 Å². The molecule has 1 N–H and O–H groups in total. The highest BCUT2D eigenvalue weighted by Gasteiger charge is 2.48. The molecule has 0 radical (unpaired) electrons. The predicted molar refractivity (Wildman–Crippen MR) is 136 cm³/mol. The van der Waals surface area contributed by atoms with E-state index in [2.05, 4.69) is 41.7 Å². The highest BCUT2D eigenvalue weighted by Crippen LogP contribution is 2.47. The summed E-state index contributed by atoms with van der Waals surface area (Å²) in [7, 11) is 0. The second-order valence-corrected chi connectivity index (χ2v) is 10.6. The molecule has 0 fully saturated rings. The molecule has 182 valence electrons. The lowest BCUT2D eigenvalue weighted by atomic mass is 9.84. The number of cyclic esters (lactones) is 1. The van der Waals surface area contributed by atoms with Crippen LogP contribution in [0.1, 0.15) is 43.0 Å². The number of carbonyl (C=O) groups excluding carboxylic acids is 1. The Morgan fingerprint density at radius 3 is 2.47 bits per heavy atom. The molecule has 2 aliphatic heterocycles. The second-order valence-electron chi connectivity index (χ2n) is 10.0. The monoisotopic (exact) mass is 500 g/mol. The normalized spacial score (nSPS) is 19.3. The predicted octanol–water partition coefficient (Wildman–Crippen LogP) is 5.12. The van der Waals surface area contributed by atoms with Crippen LogP contribution in [0.25, 0.3) is 16.6 Å². The van der Waals surface area contributed by atoms with E-state index in [1.54, 1.807) is 18.2 Å². The van der Waals surface area contributed by atoms with Gasteiger partial charge < -0.3 is 19.3 Å². The van der Waals surface area contributed by atoms with Gasteiger partial charge in [0, 0.05) is 17.6 Å². The summed E-state index contributed by atoms with van der Waals surface area (Å²) in [6, 6.07) is 18.7. The van der Waals surface area contributed by atoms with E-state index >= 15 is 0 Å². The van der Waals surface area contributed by atoms with Gasteiger partial charge in [0.05, 0.1) is 17.3 Å². The number of nitrogens with zero attached hydrogens (tertiary/aromatic N) is 2. The van der Waals surface area contributed by atoms with E-state index in [1.165, 1.54) is 5.56 Å². The van der Waals surface area contributed by atoms with Crippen molar-refractivity contribution in [3.8, 4) is 11.5 Å². The molecule has 1 aromatic heterocycles. The van der Waals surface area contributed by atoms with Crippen LogP contribution in [0, 0.1) is 0 Å². The summed E-state index contributed by atoms with van der Waals surface area (Å²) in [6.07, 6.45) is 0.309. The van der Waals surface area contributed by atoms with E-state index in [0.717, 1.165) is 22.8 Å². The zero-order chi connectivity index (χ0) is 25.1. The van der Waals surface area contributed by atoms with Gasteiger partial charge >= 0.3 is 5.97 Å². The molecular weight excluding hydrogens is 476 g/mol. The number of ether oxygens (including phenoxy) is 3. The Kier molecular flexibility index (Phi) is 5.14.